The van der Waals surface area contributed by atoms with Gasteiger partial charge in [0.15, 0.2) is 0 Å². The summed E-state index contributed by atoms with van der Waals surface area (Å²) in [5.41, 5.74) is 4.11. The molecule has 0 fully saturated rings. The van der Waals surface area contributed by atoms with Crippen LogP contribution in [0.15, 0.2) is 28.1 Å². The van der Waals surface area contributed by atoms with Crippen molar-refractivity contribution in [1.82, 2.24) is 0 Å². The van der Waals surface area contributed by atoms with Gasteiger partial charge in [-0.05, 0) is 61.9 Å². The predicted molar refractivity (Wildman–Crippen MR) is 87.8 cm³/mol. The molecule has 104 valence electrons. The molecule has 2 nitrogen and oxygen atoms in total. The van der Waals surface area contributed by atoms with Crippen molar-refractivity contribution in [2.24, 2.45) is 0 Å². The average molecular weight is 350 g/mol. The van der Waals surface area contributed by atoms with Crippen LogP contribution in [0.1, 0.15) is 39.2 Å². The summed E-state index contributed by atoms with van der Waals surface area (Å²) in [6.07, 6.45) is 4.62. The molecular formula is C16H16BrNOS. The van der Waals surface area contributed by atoms with E-state index in [1.165, 1.54) is 23.3 Å². The Morgan fingerprint density at radius 3 is 2.90 bits per heavy atom. The van der Waals surface area contributed by atoms with Crippen LogP contribution in [0, 0.1) is 6.92 Å². The van der Waals surface area contributed by atoms with Crippen LogP contribution in [-0.4, -0.2) is 5.91 Å². The number of anilines is 1. The zero-order valence-electron chi connectivity index (χ0n) is 11.3. The number of carbonyl (C=O) groups excluding carboxylic acids is 1. The lowest BCUT2D eigenvalue weighted by molar-refractivity contribution is 0.102. The largest absolute Gasteiger partial charge is 0.322 e. The first-order valence-electron chi connectivity index (χ1n) is 6.82. The highest BCUT2D eigenvalue weighted by Crippen LogP contribution is 2.31. The van der Waals surface area contributed by atoms with Crippen LogP contribution in [0.2, 0.25) is 0 Å². The summed E-state index contributed by atoms with van der Waals surface area (Å²) >= 11 is 5.20. The fourth-order valence-corrected chi connectivity index (χ4v) is 3.98. The van der Waals surface area contributed by atoms with Gasteiger partial charge in [-0.1, -0.05) is 15.9 Å². The van der Waals surface area contributed by atoms with E-state index in [1.807, 2.05) is 30.5 Å². The van der Waals surface area contributed by atoms with Gasteiger partial charge in [0.25, 0.3) is 5.91 Å². The molecule has 20 heavy (non-hydrogen) atoms. The summed E-state index contributed by atoms with van der Waals surface area (Å²) < 4.78 is 1.06. The van der Waals surface area contributed by atoms with Gasteiger partial charge in [-0.25, -0.2) is 0 Å². The zero-order chi connectivity index (χ0) is 14.1. The third-order valence-corrected chi connectivity index (χ3v) is 5.70. The summed E-state index contributed by atoms with van der Waals surface area (Å²) in [4.78, 5) is 13.8. The van der Waals surface area contributed by atoms with E-state index >= 15 is 0 Å². The summed E-state index contributed by atoms with van der Waals surface area (Å²) in [5.74, 6) is 0.0196. The van der Waals surface area contributed by atoms with Crippen molar-refractivity contribution < 1.29 is 4.79 Å². The van der Waals surface area contributed by atoms with Crippen LogP contribution in [0.4, 0.5) is 5.69 Å². The number of benzene rings is 1. The highest BCUT2D eigenvalue weighted by Gasteiger charge is 2.20. The van der Waals surface area contributed by atoms with Gasteiger partial charge in [0.2, 0.25) is 0 Å². The second kappa shape index (κ2) is 5.70. The minimum Gasteiger partial charge on any atom is -0.322 e. The number of aryl methyl sites for hydroxylation is 2. The van der Waals surface area contributed by atoms with E-state index in [1.54, 1.807) is 11.3 Å². The van der Waals surface area contributed by atoms with Crippen molar-refractivity contribution in [3.05, 3.63) is 49.6 Å². The summed E-state index contributed by atoms with van der Waals surface area (Å²) in [6, 6.07) is 5.88. The molecule has 1 aliphatic rings. The molecule has 0 spiro atoms. The Balaban J connectivity index is 1.82. The van der Waals surface area contributed by atoms with Crippen LogP contribution in [0.5, 0.6) is 0 Å². The highest BCUT2D eigenvalue weighted by molar-refractivity contribution is 9.10. The Bertz CT molecular complexity index is 662. The summed E-state index contributed by atoms with van der Waals surface area (Å²) in [7, 11) is 0. The van der Waals surface area contributed by atoms with Crippen molar-refractivity contribution in [3.8, 4) is 0 Å². The van der Waals surface area contributed by atoms with Gasteiger partial charge < -0.3 is 5.32 Å². The van der Waals surface area contributed by atoms with E-state index in [9.17, 15) is 4.79 Å². The molecule has 2 aromatic rings. The van der Waals surface area contributed by atoms with E-state index < -0.39 is 0 Å². The van der Waals surface area contributed by atoms with E-state index in [2.05, 4.69) is 21.2 Å². The second-order valence-corrected chi connectivity index (χ2v) is 6.99. The minimum atomic E-state index is 0.0196. The highest BCUT2D eigenvalue weighted by atomic mass is 79.9. The third-order valence-electron chi connectivity index (χ3n) is 3.72. The normalized spacial score (nSPS) is 13.9. The van der Waals surface area contributed by atoms with Crippen molar-refractivity contribution in [2.75, 3.05) is 5.32 Å². The number of hydrogen-bond donors (Lipinski definition) is 1. The lowest BCUT2D eigenvalue weighted by Crippen LogP contribution is -2.14. The lowest BCUT2D eigenvalue weighted by Gasteiger charge is -2.13. The molecule has 0 atom stereocenters. The number of thiophene rings is 1. The van der Waals surface area contributed by atoms with Crippen molar-refractivity contribution in [1.29, 1.82) is 0 Å². The number of rotatable bonds is 2. The van der Waals surface area contributed by atoms with Crippen LogP contribution in [0.25, 0.3) is 0 Å². The van der Waals surface area contributed by atoms with E-state index in [0.717, 1.165) is 34.1 Å². The van der Waals surface area contributed by atoms with Gasteiger partial charge in [-0.3, -0.25) is 4.79 Å². The third kappa shape index (κ3) is 2.67. The molecule has 1 heterocycles. The maximum Gasteiger partial charge on any atom is 0.256 e. The Hall–Kier alpha value is -1.13. The topological polar surface area (TPSA) is 29.1 Å². The number of halogens is 1. The minimum absolute atomic E-state index is 0.0196. The lowest BCUT2D eigenvalue weighted by atomic mass is 9.95. The molecule has 0 radical (unpaired) electrons. The Morgan fingerprint density at radius 1 is 1.30 bits per heavy atom. The molecule has 1 N–H and O–H groups in total. The van der Waals surface area contributed by atoms with Crippen molar-refractivity contribution in [3.63, 3.8) is 0 Å². The fourth-order valence-electron chi connectivity index (χ4n) is 2.61. The van der Waals surface area contributed by atoms with Crippen molar-refractivity contribution >= 4 is 38.9 Å². The number of amides is 1. The van der Waals surface area contributed by atoms with Gasteiger partial charge >= 0.3 is 0 Å². The first kappa shape index (κ1) is 13.8. The number of carbonyl (C=O) groups is 1. The Morgan fingerprint density at radius 2 is 2.10 bits per heavy atom. The van der Waals surface area contributed by atoms with Crippen LogP contribution >= 0.6 is 27.3 Å². The quantitative estimate of drug-likeness (QED) is 0.816. The van der Waals surface area contributed by atoms with E-state index in [4.69, 9.17) is 0 Å². The van der Waals surface area contributed by atoms with Crippen LogP contribution in [0.3, 0.4) is 0 Å². The van der Waals surface area contributed by atoms with Gasteiger partial charge in [0.05, 0.1) is 5.56 Å². The molecule has 1 aliphatic carbocycles. The summed E-state index contributed by atoms with van der Waals surface area (Å²) in [5, 5.41) is 5.02. The maximum absolute atomic E-state index is 12.4. The number of hydrogen-bond acceptors (Lipinski definition) is 2. The molecule has 4 heteroatoms. The predicted octanol–water partition coefficient (Wildman–Crippen LogP) is 4.95. The molecule has 3 rings (SSSR count). The molecule has 1 aromatic heterocycles. The van der Waals surface area contributed by atoms with Crippen LogP contribution in [-0.2, 0) is 12.8 Å². The van der Waals surface area contributed by atoms with Gasteiger partial charge in [0.1, 0.15) is 0 Å². The molecule has 0 aliphatic heterocycles. The molecule has 0 saturated carbocycles. The SMILES string of the molecule is Cc1cc(NC(=O)c2csc3c2CCCC3)ccc1Br. The Labute approximate surface area is 131 Å². The van der Waals surface area contributed by atoms with Crippen LogP contribution < -0.4 is 5.32 Å². The molecule has 1 amide bonds. The number of fused-ring (bicyclic) bond motifs is 1. The molecule has 0 bridgehead atoms. The van der Waals surface area contributed by atoms with Gasteiger partial charge in [0, 0.05) is 20.4 Å². The fraction of sp³-hybridized carbons (Fsp3) is 0.312. The van der Waals surface area contributed by atoms with E-state index in [0.29, 0.717) is 0 Å². The molecule has 1 aromatic carbocycles. The standard InChI is InChI=1S/C16H16BrNOS/c1-10-8-11(6-7-14(10)17)18-16(19)13-9-20-15-5-3-2-4-12(13)15/h6-9H,2-5H2,1H3,(H,18,19). The smallest absolute Gasteiger partial charge is 0.256 e. The molecule has 0 saturated heterocycles. The summed E-state index contributed by atoms with van der Waals surface area (Å²) in [6.45, 7) is 2.02. The first-order chi connectivity index (χ1) is 9.65. The van der Waals surface area contributed by atoms with Crippen molar-refractivity contribution in [2.45, 2.75) is 32.6 Å². The van der Waals surface area contributed by atoms with Gasteiger partial charge in [-0.2, -0.15) is 0 Å². The average Bonchev–Trinajstić information content (AvgIpc) is 2.87. The number of nitrogens with one attached hydrogen (secondary N) is 1. The first-order valence-corrected chi connectivity index (χ1v) is 8.49. The molecule has 0 unspecified atom stereocenters. The second-order valence-electron chi connectivity index (χ2n) is 5.18. The maximum atomic E-state index is 12.4. The Kier molecular flexibility index (Phi) is 3.94. The van der Waals surface area contributed by atoms with E-state index in [-0.39, 0.29) is 5.91 Å². The molecular weight excluding hydrogens is 334 g/mol. The monoisotopic (exact) mass is 349 g/mol. The van der Waals surface area contributed by atoms with Gasteiger partial charge in [-0.15, -0.1) is 11.3 Å². The zero-order valence-corrected chi connectivity index (χ0v) is 13.7.